The molecule has 0 amide bonds. The maximum atomic E-state index is 6.04. The molecule has 0 aliphatic heterocycles. The van der Waals surface area contributed by atoms with Crippen LogP contribution < -0.4 is 5.73 Å². The molecule has 1 aliphatic carbocycles. The molecule has 0 aromatic carbocycles. The Morgan fingerprint density at radius 3 is 2.71 bits per heavy atom. The van der Waals surface area contributed by atoms with Gasteiger partial charge in [0.2, 0.25) is 0 Å². The van der Waals surface area contributed by atoms with Crippen LogP contribution in [0.15, 0.2) is 0 Å². The molecule has 2 N–H and O–H groups in total. The average molecular weight is 199 g/mol. The molecule has 14 heavy (non-hydrogen) atoms. The fourth-order valence-electron chi connectivity index (χ4n) is 2.63. The van der Waals surface area contributed by atoms with E-state index < -0.39 is 0 Å². The van der Waals surface area contributed by atoms with Gasteiger partial charge in [-0.15, -0.1) is 0 Å². The van der Waals surface area contributed by atoms with Crippen LogP contribution in [0.25, 0.3) is 0 Å². The Hall–Kier alpha value is -0.0800. The van der Waals surface area contributed by atoms with Crippen molar-refractivity contribution in [3.63, 3.8) is 0 Å². The fourth-order valence-corrected chi connectivity index (χ4v) is 2.63. The number of hydrogen-bond donors (Lipinski definition) is 1. The van der Waals surface area contributed by atoms with Crippen LogP contribution in [0.3, 0.4) is 0 Å². The second kappa shape index (κ2) is 5.13. The fraction of sp³-hybridized carbons (Fsp3) is 1.00. The van der Waals surface area contributed by atoms with Crippen molar-refractivity contribution in [2.45, 2.75) is 64.6 Å². The van der Waals surface area contributed by atoms with Gasteiger partial charge in [0.25, 0.3) is 0 Å². The van der Waals surface area contributed by atoms with Crippen LogP contribution in [0.5, 0.6) is 0 Å². The van der Waals surface area contributed by atoms with E-state index in [4.69, 9.17) is 10.5 Å². The van der Waals surface area contributed by atoms with Gasteiger partial charge in [-0.3, -0.25) is 0 Å². The lowest BCUT2D eigenvalue weighted by Gasteiger charge is -2.41. The summed E-state index contributed by atoms with van der Waals surface area (Å²) in [5.41, 5.74) is 5.87. The molecule has 0 heterocycles. The van der Waals surface area contributed by atoms with E-state index in [-0.39, 0.29) is 5.60 Å². The summed E-state index contributed by atoms with van der Waals surface area (Å²) < 4.78 is 6.04. The highest BCUT2D eigenvalue weighted by Gasteiger charge is 2.36. The summed E-state index contributed by atoms with van der Waals surface area (Å²) in [7, 11) is 0. The molecule has 0 bridgehead atoms. The Labute approximate surface area is 88.2 Å². The summed E-state index contributed by atoms with van der Waals surface area (Å²) in [5, 5.41) is 0. The van der Waals surface area contributed by atoms with Crippen LogP contribution in [-0.2, 0) is 4.74 Å². The Morgan fingerprint density at radius 2 is 2.21 bits per heavy atom. The maximum Gasteiger partial charge on any atom is 0.0810 e. The van der Waals surface area contributed by atoms with Gasteiger partial charge in [0.05, 0.1) is 11.7 Å². The van der Waals surface area contributed by atoms with E-state index >= 15 is 0 Å². The van der Waals surface area contributed by atoms with Gasteiger partial charge in [0.15, 0.2) is 0 Å². The van der Waals surface area contributed by atoms with Crippen LogP contribution in [0, 0.1) is 5.92 Å². The highest BCUT2D eigenvalue weighted by atomic mass is 16.5. The predicted molar refractivity (Wildman–Crippen MR) is 60.3 cm³/mol. The zero-order chi connectivity index (χ0) is 10.6. The molecule has 84 valence electrons. The molecule has 1 aliphatic rings. The van der Waals surface area contributed by atoms with Crippen LogP contribution in [0.1, 0.15) is 52.9 Å². The standard InChI is InChI=1S/C12H25NO/c1-4-11-6-5-7-12(8-11,9-13)14-10(2)3/h10-11H,4-9,13H2,1-3H3. The van der Waals surface area contributed by atoms with Gasteiger partial charge in [-0.2, -0.15) is 0 Å². The highest BCUT2D eigenvalue weighted by Crippen LogP contribution is 2.36. The lowest BCUT2D eigenvalue weighted by atomic mass is 9.77. The van der Waals surface area contributed by atoms with Gasteiger partial charge in [-0.05, 0) is 32.6 Å². The first-order chi connectivity index (χ1) is 6.62. The van der Waals surface area contributed by atoms with E-state index in [0.29, 0.717) is 12.6 Å². The SMILES string of the molecule is CCC1CCCC(CN)(OC(C)C)C1. The molecule has 2 unspecified atom stereocenters. The monoisotopic (exact) mass is 199 g/mol. The molecular formula is C12H25NO. The second-order valence-electron chi connectivity index (χ2n) is 4.92. The Bertz CT molecular complexity index is 170. The largest absolute Gasteiger partial charge is 0.371 e. The minimum Gasteiger partial charge on any atom is -0.371 e. The molecule has 0 spiro atoms. The minimum absolute atomic E-state index is 0.00685. The highest BCUT2D eigenvalue weighted by molar-refractivity contribution is 4.89. The number of nitrogens with two attached hydrogens (primary N) is 1. The van der Waals surface area contributed by atoms with Gasteiger partial charge in [-0.1, -0.05) is 26.2 Å². The molecule has 1 fully saturated rings. The van der Waals surface area contributed by atoms with Gasteiger partial charge >= 0.3 is 0 Å². The first kappa shape index (κ1) is 12.0. The van der Waals surface area contributed by atoms with E-state index in [1.807, 2.05) is 0 Å². The molecule has 0 saturated heterocycles. The zero-order valence-corrected chi connectivity index (χ0v) is 9.88. The summed E-state index contributed by atoms with van der Waals surface area (Å²) in [4.78, 5) is 0. The quantitative estimate of drug-likeness (QED) is 0.755. The zero-order valence-electron chi connectivity index (χ0n) is 9.88. The van der Waals surface area contributed by atoms with Crippen molar-refractivity contribution in [3.8, 4) is 0 Å². The van der Waals surface area contributed by atoms with E-state index in [2.05, 4.69) is 20.8 Å². The summed E-state index contributed by atoms with van der Waals surface area (Å²) in [6.07, 6.45) is 6.52. The van der Waals surface area contributed by atoms with Crippen molar-refractivity contribution < 1.29 is 4.74 Å². The number of ether oxygens (including phenoxy) is 1. The van der Waals surface area contributed by atoms with Crippen molar-refractivity contribution in [3.05, 3.63) is 0 Å². The molecule has 2 nitrogen and oxygen atoms in total. The van der Waals surface area contributed by atoms with Gasteiger partial charge in [0, 0.05) is 6.54 Å². The molecule has 2 atom stereocenters. The van der Waals surface area contributed by atoms with E-state index in [1.165, 1.54) is 19.3 Å². The van der Waals surface area contributed by atoms with Crippen LogP contribution in [0.2, 0.25) is 0 Å². The molecule has 0 radical (unpaired) electrons. The van der Waals surface area contributed by atoms with E-state index in [0.717, 1.165) is 18.8 Å². The van der Waals surface area contributed by atoms with Crippen LogP contribution in [-0.4, -0.2) is 18.2 Å². The van der Waals surface area contributed by atoms with Gasteiger partial charge < -0.3 is 10.5 Å². The molecule has 0 aromatic heterocycles. The number of rotatable bonds is 4. The summed E-state index contributed by atoms with van der Waals surface area (Å²) in [6, 6.07) is 0. The van der Waals surface area contributed by atoms with Gasteiger partial charge in [-0.25, -0.2) is 0 Å². The first-order valence-corrected chi connectivity index (χ1v) is 6.00. The van der Waals surface area contributed by atoms with E-state index in [9.17, 15) is 0 Å². The molecular weight excluding hydrogens is 174 g/mol. The van der Waals surface area contributed by atoms with Crippen molar-refractivity contribution in [1.29, 1.82) is 0 Å². The van der Waals surface area contributed by atoms with Gasteiger partial charge in [0.1, 0.15) is 0 Å². The van der Waals surface area contributed by atoms with E-state index in [1.54, 1.807) is 0 Å². The summed E-state index contributed by atoms with van der Waals surface area (Å²) >= 11 is 0. The van der Waals surface area contributed by atoms with Crippen LogP contribution in [0.4, 0.5) is 0 Å². The summed E-state index contributed by atoms with van der Waals surface area (Å²) in [6.45, 7) is 7.16. The number of hydrogen-bond acceptors (Lipinski definition) is 2. The molecule has 1 rings (SSSR count). The third-order valence-corrected chi connectivity index (χ3v) is 3.34. The third-order valence-electron chi connectivity index (χ3n) is 3.34. The Kier molecular flexibility index (Phi) is 4.39. The molecule has 1 saturated carbocycles. The Morgan fingerprint density at radius 1 is 1.50 bits per heavy atom. The molecule has 0 aromatic rings. The normalized spacial score (nSPS) is 33.6. The topological polar surface area (TPSA) is 35.2 Å². The predicted octanol–water partition coefficient (Wildman–Crippen LogP) is 2.71. The summed E-state index contributed by atoms with van der Waals surface area (Å²) in [5.74, 6) is 0.825. The van der Waals surface area contributed by atoms with Crippen molar-refractivity contribution in [2.75, 3.05) is 6.54 Å². The van der Waals surface area contributed by atoms with Crippen LogP contribution >= 0.6 is 0 Å². The lowest BCUT2D eigenvalue weighted by molar-refractivity contribution is -0.106. The maximum absolute atomic E-state index is 6.04. The second-order valence-corrected chi connectivity index (χ2v) is 4.92. The Balaban J connectivity index is 2.58. The third kappa shape index (κ3) is 2.96. The van der Waals surface area contributed by atoms with Crippen molar-refractivity contribution in [2.24, 2.45) is 11.7 Å². The lowest BCUT2D eigenvalue weighted by Crippen LogP contribution is -2.46. The smallest absolute Gasteiger partial charge is 0.0810 e. The first-order valence-electron chi connectivity index (χ1n) is 6.00. The minimum atomic E-state index is -0.00685. The molecule has 2 heteroatoms. The van der Waals surface area contributed by atoms with Crippen molar-refractivity contribution >= 4 is 0 Å². The average Bonchev–Trinajstić information content (AvgIpc) is 2.17. The van der Waals surface area contributed by atoms with Crippen molar-refractivity contribution in [1.82, 2.24) is 0 Å².